The van der Waals surface area contributed by atoms with Gasteiger partial charge in [0.2, 0.25) is 10.0 Å². The molecule has 0 saturated carbocycles. The summed E-state index contributed by atoms with van der Waals surface area (Å²) in [6, 6.07) is 4.70. The molecule has 22 heavy (non-hydrogen) atoms. The predicted molar refractivity (Wildman–Crippen MR) is 85.3 cm³/mol. The van der Waals surface area contributed by atoms with Gasteiger partial charge in [0.05, 0.1) is 18.1 Å². The lowest BCUT2D eigenvalue weighted by atomic mass is 10.1. The Hall–Kier alpha value is -1.02. The van der Waals surface area contributed by atoms with Gasteiger partial charge in [-0.3, -0.25) is 0 Å². The van der Waals surface area contributed by atoms with Gasteiger partial charge in [-0.2, -0.15) is 4.31 Å². The topological polar surface area (TPSA) is 81.9 Å². The summed E-state index contributed by atoms with van der Waals surface area (Å²) in [7, 11) is -3.52. The molecule has 0 amide bonds. The number of rotatable bonds is 2. The van der Waals surface area contributed by atoms with Gasteiger partial charge in [-0.05, 0) is 25.0 Å². The maximum absolute atomic E-state index is 12.7. The number of hydrogen-bond donors (Lipinski definition) is 1. The minimum Gasteiger partial charge on any atom is -0.490 e. The first kappa shape index (κ1) is 17.3. The Balaban J connectivity index is 0.00000176. The summed E-state index contributed by atoms with van der Waals surface area (Å²) in [4.78, 5) is 0.237. The Labute approximate surface area is 137 Å². The lowest BCUT2D eigenvalue weighted by Crippen LogP contribution is -2.45. The molecule has 3 rings (SSSR count). The molecular formula is C14H21ClN2O4S. The SMILES string of the molecule is Cl.N[C@@H]1CCCN(S(=O)(=O)c2ccc3c(c2)OCCCO3)C1. The van der Waals surface area contributed by atoms with E-state index in [-0.39, 0.29) is 23.3 Å². The Kier molecular flexibility index (Phi) is 5.55. The van der Waals surface area contributed by atoms with Gasteiger partial charge in [0, 0.05) is 31.6 Å². The van der Waals surface area contributed by atoms with Crippen LogP contribution in [0.2, 0.25) is 0 Å². The number of piperidine rings is 1. The fourth-order valence-corrected chi connectivity index (χ4v) is 4.20. The van der Waals surface area contributed by atoms with Crippen LogP contribution < -0.4 is 15.2 Å². The maximum atomic E-state index is 12.7. The summed E-state index contributed by atoms with van der Waals surface area (Å²) in [6.45, 7) is 2.01. The molecule has 2 aliphatic rings. The monoisotopic (exact) mass is 348 g/mol. The normalized spacial score (nSPS) is 22.5. The van der Waals surface area contributed by atoms with Crippen LogP contribution in [0.1, 0.15) is 19.3 Å². The van der Waals surface area contributed by atoms with E-state index in [0.29, 0.717) is 37.8 Å². The van der Waals surface area contributed by atoms with Gasteiger partial charge in [0.1, 0.15) is 0 Å². The summed E-state index contributed by atoms with van der Waals surface area (Å²) in [5, 5.41) is 0. The van der Waals surface area contributed by atoms with E-state index in [1.54, 1.807) is 18.2 Å². The fraction of sp³-hybridized carbons (Fsp3) is 0.571. The molecule has 2 N–H and O–H groups in total. The average Bonchev–Trinajstić information content (AvgIpc) is 2.71. The first-order valence-corrected chi connectivity index (χ1v) is 8.67. The van der Waals surface area contributed by atoms with Crippen LogP contribution in [0, 0.1) is 0 Å². The highest BCUT2D eigenvalue weighted by Gasteiger charge is 2.29. The van der Waals surface area contributed by atoms with E-state index in [1.165, 1.54) is 4.31 Å². The Morgan fingerprint density at radius 2 is 1.86 bits per heavy atom. The van der Waals surface area contributed by atoms with E-state index in [1.807, 2.05) is 0 Å². The summed E-state index contributed by atoms with van der Waals surface area (Å²) in [5.41, 5.74) is 5.88. The van der Waals surface area contributed by atoms with E-state index >= 15 is 0 Å². The van der Waals surface area contributed by atoms with E-state index in [2.05, 4.69) is 0 Å². The van der Waals surface area contributed by atoms with Gasteiger partial charge < -0.3 is 15.2 Å². The van der Waals surface area contributed by atoms with Crippen molar-refractivity contribution < 1.29 is 17.9 Å². The fourth-order valence-electron chi connectivity index (χ4n) is 2.65. The zero-order valence-electron chi connectivity index (χ0n) is 12.2. The predicted octanol–water partition coefficient (Wildman–Crippen LogP) is 1.38. The zero-order chi connectivity index (χ0) is 14.9. The van der Waals surface area contributed by atoms with Crippen molar-refractivity contribution in [3.63, 3.8) is 0 Å². The second kappa shape index (κ2) is 7.04. The third-order valence-electron chi connectivity index (χ3n) is 3.78. The molecule has 0 aromatic heterocycles. The third kappa shape index (κ3) is 3.48. The number of nitrogens with two attached hydrogens (primary N) is 1. The molecule has 0 spiro atoms. The molecule has 124 valence electrons. The first-order chi connectivity index (χ1) is 10.1. The van der Waals surface area contributed by atoms with Crippen molar-refractivity contribution in [3.8, 4) is 11.5 Å². The number of fused-ring (bicyclic) bond motifs is 1. The smallest absolute Gasteiger partial charge is 0.243 e. The van der Waals surface area contributed by atoms with Crippen molar-refractivity contribution in [3.05, 3.63) is 18.2 Å². The molecule has 0 unspecified atom stereocenters. The summed E-state index contributed by atoms with van der Waals surface area (Å²) in [6.07, 6.45) is 2.45. The van der Waals surface area contributed by atoms with Gasteiger partial charge in [-0.1, -0.05) is 0 Å². The minimum atomic E-state index is -3.52. The number of hydrogen-bond acceptors (Lipinski definition) is 5. The van der Waals surface area contributed by atoms with Gasteiger partial charge in [-0.25, -0.2) is 8.42 Å². The Morgan fingerprint density at radius 3 is 2.59 bits per heavy atom. The molecule has 8 heteroatoms. The number of benzene rings is 1. The van der Waals surface area contributed by atoms with Gasteiger partial charge >= 0.3 is 0 Å². The maximum Gasteiger partial charge on any atom is 0.243 e. The highest BCUT2D eigenvalue weighted by atomic mass is 35.5. The lowest BCUT2D eigenvalue weighted by Gasteiger charge is -2.30. The van der Waals surface area contributed by atoms with Crippen LogP contribution in [-0.2, 0) is 10.0 Å². The number of sulfonamides is 1. The van der Waals surface area contributed by atoms with Crippen LogP contribution in [0.4, 0.5) is 0 Å². The van der Waals surface area contributed by atoms with Gasteiger partial charge in [0.25, 0.3) is 0 Å². The molecule has 2 aliphatic heterocycles. The number of ether oxygens (including phenoxy) is 2. The van der Waals surface area contributed by atoms with Crippen LogP contribution >= 0.6 is 12.4 Å². The second-order valence-corrected chi connectivity index (χ2v) is 7.36. The van der Waals surface area contributed by atoms with Crippen molar-refractivity contribution in [1.29, 1.82) is 0 Å². The quantitative estimate of drug-likeness (QED) is 0.873. The molecular weight excluding hydrogens is 328 g/mol. The molecule has 1 fully saturated rings. The van der Waals surface area contributed by atoms with E-state index in [9.17, 15) is 8.42 Å². The van der Waals surface area contributed by atoms with E-state index in [0.717, 1.165) is 19.3 Å². The van der Waals surface area contributed by atoms with Crippen molar-refractivity contribution in [1.82, 2.24) is 4.31 Å². The largest absolute Gasteiger partial charge is 0.490 e. The van der Waals surface area contributed by atoms with Gasteiger partial charge in [0.15, 0.2) is 11.5 Å². The first-order valence-electron chi connectivity index (χ1n) is 7.23. The molecule has 1 atom stereocenters. The van der Waals surface area contributed by atoms with E-state index < -0.39 is 10.0 Å². The molecule has 1 aromatic carbocycles. The number of halogens is 1. The van der Waals surface area contributed by atoms with Crippen molar-refractivity contribution in [2.24, 2.45) is 5.73 Å². The highest BCUT2D eigenvalue weighted by molar-refractivity contribution is 7.89. The number of nitrogens with zero attached hydrogens (tertiary/aromatic N) is 1. The van der Waals surface area contributed by atoms with Crippen molar-refractivity contribution >= 4 is 22.4 Å². The molecule has 6 nitrogen and oxygen atoms in total. The summed E-state index contributed by atoms with van der Waals surface area (Å²) >= 11 is 0. The molecule has 2 heterocycles. The molecule has 0 aliphatic carbocycles. The third-order valence-corrected chi connectivity index (χ3v) is 5.64. The van der Waals surface area contributed by atoms with Crippen LogP contribution in [0.25, 0.3) is 0 Å². The standard InChI is InChI=1S/C14H20N2O4S.ClH/c15-11-3-1-6-16(10-11)21(17,18)12-4-5-13-14(9-12)20-8-2-7-19-13;/h4-5,9,11H,1-3,6-8,10,15H2;1H/t11-;/m1./s1. The summed E-state index contributed by atoms with van der Waals surface area (Å²) in [5.74, 6) is 1.09. The van der Waals surface area contributed by atoms with Crippen LogP contribution in [0.3, 0.4) is 0 Å². The Morgan fingerprint density at radius 1 is 1.14 bits per heavy atom. The van der Waals surface area contributed by atoms with Crippen LogP contribution in [0.15, 0.2) is 23.1 Å². The Bertz CT molecular complexity index is 623. The van der Waals surface area contributed by atoms with E-state index in [4.69, 9.17) is 15.2 Å². The molecule has 1 saturated heterocycles. The van der Waals surface area contributed by atoms with Crippen molar-refractivity contribution in [2.75, 3.05) is 26.3 Å². The van der Waals surface area contributed by atoms with Crippen LogP contribution in [-0.4, -0.2) is 45.1 Å². The molecule has 1 aromatic rings. The van der Waals surface area contributed by atoms with Crippen LogP contribution in [0.5, 0.6) is 11.5 Å². The summed E-state index contributed by atoms with van der Waals surface area (Å²) < 4.78 is 37.9. The minimum absolute atomic E-state index is 0. The zero-order valence-corrected chi connectivity index (χ0v) is 13.9. The second-order valence-electron chi connectivity index (χ2n) is 5.42. The van der Waals surface area contributed by atoms with Crippen molar-refractivity contribution in [2.45, 2.75) is 30.2 Å². The van der Waals surface area contributed by atoms with Gasteiger partial charge in [-0.15, -0.1) is 12.4 Å². The average molecular weight is 349 g/mol. The lowest BCUT2D eigenvalue weighted by molar-refractivity contribution is 0.296. The highest BCUT2D eigenvalue weighted by Crippen LogP contribution is 2.33. The molecule has 0 bridgehead atoms. The molecule has 0 radical (unpaired) electrons.